The molecule has 0 atom stereocenters. The summed E-state index contributed by atoms with van der Waals surface area (Å²) in [6.45, 7) is 1.68. The minimum Gasteiger partial charge on any atom is -0.504 e. The van der Waals surface area contributed by atoms with Crippen LogP contribution in [-0.4, -0.2) is 51.7 Å². The third-order valence-electron chi connectivity index (χ3n) is 6.81. The molecule has 0 aliphatic carbocycles. The lowest BCUT2D eigenvalue weighted by Crippen LogP contribution is -2.22. The number of aromatic hydroxyl groups is 1. The number of nitrogens with zero attached hydrogens (tertiary/aromatic N) is 4. The maximum Gasteiger partial charge on any atom is 0.242 e. The molecule has 188 valence electrons. The monoisotopic (exact) mass is 514 g/mol. The summed E-state index contributed by atoms with van der Waals surface area (Å²) in [5, 5.41) is 19.0. The average molecular weight is 515 g/mol. The second-order valence-corrected chi connectivity index (χ2v) is 11.5. The predicted molar refractivity (Wildman–Crippen MR) is 142 cm³/mol. The Bertz CT molecular complexity index is 1710. The fourth-order valence-corrected chi connectivity index (χ4v) is 5.64. The van der Waals surface area contributed by atoms with E-state index in [2.05, 4.69) is 27.5 Å². The number of rotatable bonds is 5. The van der Waals surface area contributed by atoms with Crippen LogP contribution in [-0.2, 0) is 30.2 Å². The van der Waals surface area contributed by atoms with E-state index in [4.69, 9.17) is 4.98 Å². The molecule has 0 unspecified atom stereocenters. The molecular formula is C27H26N6O3S. The summed E-state index contributed by atoms with van der Waals surface area (Å²) in [4.78, 5) is 8.31. The van der Waals surface area contributed by atoms with Gasteiger partial charge in [0, 0.05) is 39.8 Å². The predicted octanol–water partition coefficient (Wildman–Crippen LogP) is 3.86. The largest absolute Gasteiger partial charge is 0.504 e. The number of benzene rings is 3. The molecule has 37 heavy (non-hydrogen) atoms. The second-order valence-electron chi connectivity index (χ2n) is 9.39. The first-order valence-electron chi connectivity index (χ1n) is 11.8. The molecule has 3 aromatic carbocycles. The molecule has 3 N–H and O–H groups in total. The summed E-state index contributed by atoms with van der Waals surface area (Å²) in [7, 11) is 1.33. The van der Waals surface area contributed by atoms with Crippen molar-refractivity contribution in [2.45, 2.75) is 18.0 Å². The van der Waals surface area contributed by atoms with Crippen molar-refractivity contribution in [1.29, 1.82) is 0 Å². The van der Waals surface area contributed by atoms with E-state index in [1.54, 1.807) is 36.0 Å². The van der Waals surface area contributed by atoms with Crippen LogP contribution in [0, 0.1) is 0 Å². The van der Waals surface area contributed by atoms with Gasteiger partial charge in [-0.05, 0) is 46.5 Å². The summed E-state index contributed by atoms with van der Waals surface area (Å²) in [5.41, 5.74) is 7.83. The van der Waals surface area contributed by atoms with Crippen molar-refractivity contribution in [3.63, 3.8) is 0 Å². The van der Waals surface area contributed by atoms with Gasteiger partial charge in [-0.2, -0.15) is 5.10 Å². The van der Waals surface area contributed by atoms with E-state index in [-0.39, 0.29) is 10.6 Å². The summed E-state index contributed by atoms with van der Waals surface area (Å²) >= 11 is 0. The molecule has 0 saturated carbocycles. The molecule has 0 fully saturated rings. The molecule has 0 radical (unpaired) electrons. The Hall–Kier alpha value is -3.99. The van der Waals surface area contributed by atoms with Crippen LogP contribution in [0.5, 0.6) is 5.75 Å². The third kappa shape index (κ3) is 3.90. The van der Waals surface area contributed by atoms with Gasteiger partial charge >= 0.3 is 0 Å². The summed E-state index contributed by atoms with van der Waals surface area (Å²) in [6, 6.07) is 18.6. The smallest absolute Gasteiger partial charge is 0.242 e. The van der Waals surface area contributed by atoms with Gasteiger partial charge in [0.25, 0.3) is 0 Å². The zero-order valence-electron chi connectivity index (χ0n) is 20.6. The molecule has 2 aromatic heterocycles. The van der Waals surface area contributed by atoms with E-state index in [1.807, 2.05) is 24.3 Å². The van der Waals surface area contributed by atoms with Gasteiger partial charge in [-0.25, -0.2) is 17.7 Å². The van der Waals surface area contributed by atoms with Gasteiger partial charge in [-0.1, -0.05) is 36.4 Å². The molecule has 3 heterocycles. The molecule has 6 rings (SSSR count). The molecule has 10 heteroatoms. The number of aryl methyl sites for hydroxylation is 1. The number of imidazole rings is 1. The van der Waals surface area contributed by atoms with Crippen molar-refractivity contribution >= 4 is 21.1 Å². The molecular weight excluding hydrogens is 488 g/mol. The Morgan fingerprint density at radius 1 is 0.919 bits per heavy atom. The minimum absolute atomic E-state index is 0.0572. The molecule has 9 nitrogen and oxygen atoms in total. The van der Waals surface area contributed by atoms with Crippen molar-refractivity contribution < 1.29 is 13.5 Å². The first-order chi connectivity index (χ1) is 17.7. The third-order valence-corrected chi connectivity index (χ3v) is 8.63. The number of hydrogen-bond acceptors (Lipinski definition) is 6. The lowest BCUT2D eigenvalue weighted by atomic mass is 10.0. The highest BCUT2D eigenvalue weighted by molar-refractivity contribution is 7.89. The Morgan fingerprint density at radius 3 is 2.16 bits per heavy atom. The highest BCUT2D eigenvalue weighted by Gasteiger charge is 2.22. The number of fused-ring (bicyclic) bond motifs is 2. The molecule has 0 spiro atoms. The van der Waals surface area contributed by atoms with Crippen molar-refractivity contribution in [3.8, 4) is 39.7 Å². The summed E-state index contributed by atoms with van der Waals surface area (Å²) < 4.78 is 27.5. The molecule has 0 amide bonds. The van der Waals surface area contributed by atoms with Crippen LogP contribution < -0.4 is 5.32 Å². The lowest BCUT2D eigenvalue weighted by Gasteiger charge is -2.11. The van der Waals surface area contributed by atoms with Crippen molar-refractivity contribution in [2.75, 3.05) is 14.1 Å². The molecule has 0 bridgehead atoms. The van der Waals surface area contributed by atoms with Gasteiger partial charge < -0.3 is 15.4 Å². The zero-order chi connectivity index (χ0) is 25.9. The Morgan fingerprint density at radius 2 is 1.51 bits per heavy atom. The minimum atomic E-state index is -3.48. The van der Waals surface area contributed by atoms with Gasteiger partial charge in [0.1, 0.15) is 11.4 Å². The SMILES string of the molecule is CN(C)S(=O)(=O)c1ccc(-c2ccc(-c3nn(C)c(-c4nc5cc6c(cc5[nH]4)CNC6)c3O)cc2)cc1. The summed E-state index contributed by atoms with van der Waals surface area (Å²) in [5.74, 6) is 0.622. The Kier molecular flexibility index (Phi) is 5.41. The van der Waals surface area contributed by atoms with Crippen LogP contribution in [0.25, 0.3) is 44.9 Å². The van der Waals surface area contributed by atoms with E-state index < -0.39 is 10.0 Å². The maximum atomic E-state index is 12.3. The Labute approximate surface area is 214 Å². The first kappa shape index (κ1) is 23.4. The van der Waals surface area contributed by atoms with E-state index in [0.717, 1.165) is 40.8 Å². The van der Waals surface area contributed by atoms with Crippen LogP contribution in [0.15, 0.2) is 65.6 Å². The van der Waals surface area contributed by atoms with Crippen LogP contribution >= 0.6 is 0 Å². The summed E-state index contributed by atoms with van der Waals surface area (Å²) in [6.07, 6.45) is 0. The van der Waals surface area contributed by atoms with E-state index in [9.17, 15) is 13.5 Å². The van der Waals surface area contributed by atoms with E-state index in [0.29, 0.717) is 17.2 Å². The van der Waals surface area contributed by atoms with Gasteiger partial charge in [0.05, 0.1) is 15.9 Å². The van der Waals surface area contributed by atoms with Gasteiger partial charge in [-0.3, -0.25) is 4.68 Å². The number of nitrogens with one attached hydrogen (secondary N) is 2. The molecule has 5 aromatic rings. The van der Waals surface area contributed by atoms with E-state index >= 15 is 0 Å². The maximum absolute atomic E-state index is 12.3. The second kappa shape index (κ2) is 8.55. The average Bonchev–Trinajstić information content (AvgIpc) is 3.58. The van der Waals surface area contributed by atoms with Crippen LogP contribution in [0.3, 0.4) is 0 Å². The van der Waals surface area contributed by atoms with E-state index in [1.165, 1.54) is 29.5 Å². The number of sulfonamides is 1. The molecule has 1 aliphatic heterocycles. The van der Waals surface area contributed by atoms with Gasteiger partial charge in [0.2, 0.25) is 10.0 Å². The highest BCUT2D eigenvalue weighted by atomic mass is 32.2. The highest BCUT2D eigenvalue weighted by Crippen LogP contribution is 2.38. The van der Waals surface area contributed by atoms with Gasteiger partial charge in [0.15, 0.2) is 11.6 Å². The van der Waals surface area contributed by atoms with Crippen molar-refractivity contribution in [2.24, 2.45) is 7.05 Å². The molecule has 0 saturated heterocycles. The lowest BCUT2D eigenvalue weighted by molar-refractivity contribution is 0.478. The standard InChI is InChI=1S/C27H26N6O3S/c1-32(2)37(35,36)21-10-8-17(9-11-21)16-4-6-18(7-5-16)24-26(34)25(33(3)31-24)27-29-22-12-19-14-28-15-20(19)13-23(22)30-27/h4-13,28,34H,14-15H2,1-3H3,(H,29,30). The van der Waals surface area contributed by atoms with Crippen LogP contribution in [0.2, 0.25) is 0 Å². The number of aromatic amines is 1. The normalized spacial score (nSPS) is 13.5. The van der Waals surface area contributed by atoms with Crippen molar-refractivity contribution in [3.05, 3.63) is 71.8 Å². The van der Waals surface area contributed by atoms with Crippen molar-refractivity contribution in [1.82, 2.24) is 29.4 Å². The van der Waals surface area contributed by atoms with Crippen LogP contribution in [0.1, 0.15) is 11.1 Å². The number of hydrogen-bond donors (Lipinski definition) is 3. The quantitative estimate of drug-likeness (QED) is 0.328. The number of H-pyrrole nitrogens is 1. The van der Waals surface area contributed by atoms with Gasteiger partial charge in [-0.15, -0.1) is 0 Å². The Balaban J connectivity index is 1.30. The zero-order valence-corrected chi connectivity index (χ0v) is 21.5. The number of aromatic nitrogens is 4. The fourth-order valence-electron chi connectivity index (χ4n) is 4.74. The van der Waals surface area contributed by atoms with Crippen LogP contribution in [0.4, 0.5) is 0 Å². The topological polar surface area (TPSA) is 116 Å². The molecule has 1 aliphatic rings. The fraction of sp³-hybridized carbons (Fsp3) is 0.185. The first-order valence-corrected chi connectivity index (χ1v) is 13.3.